The zero-order valence-corrected chi connectivity index (χ0v) is 30.2. The van der Waals surface area contributed by atoms with Gasteiger partial charge in [-0.1, -0.05) is 135 Å². The Balaban J connectivity index is 1.18. The molecule has 3 nitrogen and oxygen atoms in total. The monoisotopic (exact) mass is 695 g/mol. The molecule has 0 amide bonds. The maximum Gasteiger partial charge on any atom is 0.160 e. The lowest BCUT2D eigenvalue weighted by atomic mass is 9.80. The highest BCUT2D eigenvalue weighted by atomic mass is 32.1. The summed E-state index contributed by atoms with van der Waals surface area (Å²) in [5.74, 6) is 0.711. The lowest BCUT2D eigenvalue weighted by molar-refractivity contribution is 0.667. The Labute approximate surface area is 311 Å². The largest absolute Gasteiger partial charge is 0.309 e. The molecular weight excluding hydrogens is 663 g/mol. The van der Waals surface area contributed by atoms with Crippen LogP contribution in [0.1, 0.15) is 25.0 Å². The van der Waals surface area contributed by atoms with Crippen LogP contribution in [-0.4, -0.2) is 14.5 Å². The van der Waals surface area contributed by atoms with E-state index in [1.807, 2.05) is 23.5 Å². The second-order valence-corrected chi connectivity index (χ2v) is 15.6. The fraction of sp³-hybridized carbons (Fsp3) is 0.0612. The summed E-state index contributed by atoms with van der Waals surface area (Å²) in [6.45, 7) is 4.81. The van der Waals surface area contributed by atoms with Gasteiger partial charge in [0.05, 0.1) is 22.4 Å². The van der Waals surface area contributed by atoms with Crippen molar-refractivity contribution in [2.24, 2.45) is 0 Å². The molecule has 7 aromatic carbocycles. The normalized spacial score (nSPS) is 13.2. The summed E-state index contributed by atoms with van der Waals surface area (Å²) in [5.41, 5.74) is 14.0. The number of fused-ring (bicyclic) bond motifs is 12. The van der Waals surface area contributed by atoms with Gasteiger partial charge in [0.1, 0.15) is 0 Å². The first-order valence-corrected chi connectivity index (χ1v) is 19.0. The van der Waals surface area contributed by atoms with Crippen LogP contribution in [0.3, 0.4) is 0 Å². The van der Waals surface area contributed by atoms with Gasteiger partial charge in [-0.05, 0) is 59.2 Å². The summed E-state index contributed by atoms with van der Waals surface area (Å²) in [6.07, 6.45) is 0. The summed E-state index contributed by atoms with van der Waals surface area (Å²) < 4.78 is 5.19. The fourth-order valence-electron chi connectivity index (χ4n) is 8.81. The zero-order valence-electron chi connectivity index (χ0n) is 29.3. The van der Waals surface area contributed by atoms with Crippen molar-refractivity contribution >= 4 is 53.3 Å². The minimum atomic E-state index is -0.162. The Morgan fingerprint density at radius 3 is 1.87 bits per heavy atom. The number of aromatic nitrogens is 3. The molecule has 0 unspecified atom stereocenters. The number of thiophene rings is 1. The predicted molar refractivity (Wildman–Crippen MR) is 223 cm³/mol. The van der Waals surface area contributed by atoms with Crippen LogP contribution in [0.4, 0.5) is 0 Å². The standard InChI is InChI=1S/C49H33N3S/c1-49(2)37-22-12-9-19-34(37)43-45(49)42-35-20-10-13-23-40(35)52(46(42)44-36-21-11-14-24-41(36)53-47(43)44)33-27-25-32(26-28-33)48-50-38(30-15-5-3-6-16-30)29-39(51-48)31-17-7-4-8-18-31/h3-29H,1-2H3. The molecule has 0 bridgehead atoms. The van der Waals surface area contributed by atoms with E-state index in [0.29, 0.717) is 5.82 Å². The summed E-state index contributed by atoms with van der Waals surface area (Å²) in [7, 11) is 0. The number of rotatable bonds is 4. The smallest absolute Gasteiger partial charge is 0.160 e. The molecule has 1 aliphatic rings. The minimum absolute atomic E-state index is 0.162. The Morgan fingerprint density at radius 1 is 0.547 bits per heavy atom. The molecule has 53 heavy (non-hydrogen) atoms. The molecule has 4 heteroatoms. The van der Waals surface area contributed by atoms with Gasteiger partial charge in [-0.15, -0.1) is 11.3 Å². The Kier molecular flexibility index (Phi) is 6.47. The van der Waals surface area contributed by atoms with Crippen LogP contribution < -0.4 is 0 Å². The third-order valence-electron chi connectivity index (χ3n) is 11.2. The quantitative estimate of drug-likeness (QED) is 0.183. The van der Waals surface area contributed by atoms with Crippen molar-refractivity contribution < 1.29 is 0 Å². The van der Waals surface area contributed by atoms with Crippen molar-refractivity contribution in [1.29, 1.82) is 0 Å². The molecule has 0 aliphatic heterocycles. The molecule has 11 rings (SSSR count). The second-order valence-electron chi connectivity index (χ2n) is 14.5. The maximum absolute atomic E-state index is 5.12. The molecule has 0 N–H and O–H groups in total. The van der Waals surface area contributed by atoms with Gasteiger partial charge >= 0.3 is 0 Å². The number of benzene rings is 7. The van der Waals surface area contributed by atoms with Crippen molar-refractivity contribution in [3.8, 4) is 50.7 Å². The third-order valence-corrected chi connectivity index (χ3v) is 12.4. The molecule has 0 spiro atoms. The number of para-hydroxylation sites is 1. The van der Waals surface area contributed by atoms with Gasteiger partial charge in [0, 0.05) is 64.3 Å². The molecule has 3 aromatic heterocycles. The van der Waals surface area contributed by atoms with Crippen molar-refractivity contribution in [2.75, 3.05) is 0 Å². The van der Waals surface area contributed by atoms with E-state index < -0.39 is 0 Å². The van der Waals surface area contributed by atoms with Crippen LogP contribution in [0.25, 0.3) is 92.7 Å². The molecule has 0 atom stereocenters. The number of nitrogens with zero attached hydrogens (tertiary/aromatic N) is 3. The summed E-state index contributed by atoms with van der Waals surface area (Å²) in [5, 5.41) is 5.27. The van der Waals surface area contributed by atoms with Crippen LogP contribution in [-0.2, 0) is 5.41 Å². The van der Waals surface area contributed by atoms with E-state index in [1.165, 1.54) is 64.2 Å². The first kappa shape index (κ1) is 30.3. The minimum Gasteiger partial charge on any atom is -0.309 e. The predicted octanol–water partition coefficient (Wildman–Crippen LogP) is 13.2. The average molecular weight is 696 g/mol. The summed E-state index contributed by atoms with van der Waals surface area (Å²) in [4.78, 5) is 10.2. The van der Waals surface area contributed by atoms with E-state index in [1.54, 1.807) is 0 Å². The first-order chi connectivity index (χ1) is 26.1. The Bertz CT molecular complexity index is 3000. The van der Waals surface area contributed by atoms with Gasteiger partial charge in [0.2, 0.25) is 0 Å². The van der Waals surface area contributed by atoms with E-state index in [2.05, 4.69) is 170 Å². The summed E-state index contributed by atoms with van der Waals surface area (Å²) >= 11 is 1.93. The van der Waals surface area contributed by atoms with Crippen LogP contribution in [0.15, 0.2) is 164 Å². The van der Waals surface area contributed by atoms with Crippen LogP contribution in [0, 0.1) is 0 Å². The van der Waals surface area contributed by atoms with Crippen molar-refractivity contribution in [2.45, 2.75) is 19.3 Å². The summed E-state index contributed by atoms with van der Waals surface area (Å²) in [6, 6.07) is 58.6. The fourth-order valence-corrected chi connectivity index (χ4v) is 10.1. The Hall–Kier alpha value is -6.36. The van der Waals surface area contributed by atoms with E-state index in [0.717, 1.165) is 33.8 Å². The SMILES string of the molecule is CC1(C)c2ccccc2-c2c1c1c3ccccc3n(-c3ccc(-c4nc(-c5ccccc5)cc(-c5ccccc5)n4)cc3)c1c1c2sc2ccccc21. The molecule has 0 saturated carbocycles. The molecule has 250 valence electrons. The first-order valence-electron chi connectivity index (χ1n) is 18.2. The van der Waals surface area contributed by atoms with Gasteiger partial charge in [0.15, 0.2) is 5.82 Å². The van der Waals surface area contributed by atoms with Crippen LogP contribution in [0.2, 0.25) is 0 Å². The molecule has 1 aliphatic carbocycles. The van der Waals surface area contributed by atoms with Crippen LogP contribution >= 0.6 is 11.3 Å². The van der Waals surface area contributed by atoms with Gasteiger partial charge in [-0.25, -0.2) is 9.97 Å². The molecule has 0 saturated heterocycles. The highest BCUT2D eigenvalue weighted by Gasteiger charge is 2.40. The van der Waals surface area contributed by atoms with Gasteiger partial charge in [0.25, 0.3) is 0 Å². The van der Waals surface area contributed by atoms with E-state index in [4.69, 9.17) is 9.97 Å². The third kappa shape index (κ3) is 4.39. The molecule has 0 fully saturated rings. The topological polar surface area (TPSA) is 30.7 Å². The van der Waals surface area contributed by atoms with E-state index in [9.17, 15) is 0 Å². The highest BCUT2D eigenvalue weighted by Crippen LogP contribution is 2.58. The average Bonchev–Trinajstić information content (AvgIpc) is 3.84. The highest BCUT2D eigenvalue weighted by molar-refractivity contribution is 7.26. The van der Waals surface area contributed by atoms with E-state index in [-0.39, 0.29) is 5.41 Å². The van der Waals surface area contributed by atoms with Gasteiger partial charge in [-0.3, -0.25) is 0 Å². The molecule has 3 heterocycles. The van der Waals surface area contributed by atoms with E-state index >= 15 is 0 Å². The van der Waals surface area contributed by atoms with Crippen molar-refractivity contribution in [3.63, 3.8) is 0 Å². The zero-order chi connectivity index (χ0) is 35.3. The van der Waals surface area contributed by atoms with Crippen molar-refractivity contribution in [3.05, 3.63) is 175 Å². The van der Waals surface area contributed by atoms with Crippen LogP contribution in [0.5, 0.6) is 0 Å². The molecule has 0 radical (unpaired) electrons. The number of hydrogen-bond acceptors (Lipinski definition) is 3. The van der Waals surface area contributed by atoms with Gasteiger partial charge < -0.3 is 4.57 Å². The van der Waals surface area contributed by atoms with Gasteiger partial charge in [-0.2, -0.15) is 0 Å². The molecule has 10 aromatic rings. The maximum atomic E-state index is 5.12. The lowest BCUT2D eigenvalue weighted by Crippen LogP contribution is -2.15. The number of hydrogen-bond donors (Lipinski definition) is 0. The second kappa shape index (κ2) is 11.3. The molecular formula is C49H33N3S. The lowest BCUT2D eigenvalue weighted by Gasteiger charge is -2.23. The van der Waals surface area contributed by atoms with Crippen molar-refractivity contribution in [1.82, 2.24) is 14.5 Å². The Morgan fingerprint density at radius 2 is 1.15 bits per heavy atom.